The van der Waals surface area contributed by atoms with Crippen LogP contribution in [0.3, 0.4) is 0 Å². The summed E-state index contributed by atoms with van der Waals surface area (Å²) >= 11 is 0. The second-order valence-electron chi connectivity index (χ2n) is 5.65. The molecule has 3 nitrogen and oxygen atoms in total. The van der Waals surface area contributed by atoms with Crippen LogP contribution in [0.5, 0.6) is 5.75 Å². The van der Waals surface area contributed by atoms with Crippen LogP contribution in [0.1, 0.15) is 35.1 Å². The molecule has 0 bridgehead atoms. The summed E-state index contributed by atoms with van der Waals surface area (Å²) in [6.45, 7) is 0. The lowest BCUT2D eigenvalue weighted by Gasteiger charge is -2.16. The van der Waals surface area contributed by atoms with Gasteiger partial charge in [0.2, 0.25) is 0 Å². The van der Waals surface area contributed by atoms with Crippen molar-refractivity contribution in [2.24, 2.45) is 0 Å². The third kappa shape index (κ3) is 3.03. The highest BCUT2D eigenvalue weighted by molar-refractivity contribution is 6.20. The smallest absolute Gasteiger partial charge is 0.336 e. The molecule has 3 heteroatoms. The first-order valence-electron chi connectivity index (χ1n) is 7.50. The second-order valence-corrected chi connectivity index (χ2v) is 5.65. The maximum Gasteiger partial charge on any atom is 0.336 e. The van der Waals surface area contributed by atoms with Crippen LogP contribution in [0.15, 0.2) is 42.5 Å². The van der Waals surface area contributed by atoms with Crippen LogP contribution >= 0.6 is 0 Å². The number of aromatic hydroxyl groups is 1. The van der Waals surface area contributed by atoms with E-state index >= 15 is 0 Å². The molecule has 112 valence electrons. The normalized spacial score (nSPS) is 14.5. The van der Waals surface area contributed by atoms with Gasteiger partial charge in [0.25, 0.3) is 0 Å². The van der Waals surface area contributed by atoms with Crippen molar-refractivity contribution in [3.63, 3.8) is 0 Å². The van der Waals surface area contributed by atoms with Gasteiger partial charge in [-0.05, 0) is 66.1 Å². The van der Waals surface area contributed by atoms with Crippen molar-refractivity contribution in [1.29, 1.82) is 0 Å². The molecule has 0 amide bonds. The van der Waals surface area contributed by atoms with Crippen LogP contribution in [-0.2, 0) is 17.6 Å². The van der Waals surface area contributed by atoms with E-state index in [9.17, 15) is 15.0 Å². The number of benzene rings is 2. The predicted octanol–water partition coefficient (Wildman–Crippen LogP) is 3.90. The summed E-state index contributed by atoms with van der Waals surface area (Å²) in [5, 5.41) is 18.8. The van der Waals surface area contributed by atoms with E-state index < -0.39 is 5.97 Å². The third-order valence-electron chi connectivity index (χ3n) is 4.09. The van der Waals surface area contributed by atoms with Crippen molar-refractivity contribution in [1.82, 2.24) is 0 Å². The first kappa shape index (κ1) is 14.4. The first-order valence-corrected chi connectivity index (χ1v) is 7.50. The highest BCUT2D eigenvalue weighted by Crippen LogP contribution is 2.25. The molecule has 0 saturated carbocycles. The molecule has 2 aromatic rings. The fraction of sp³-hybridized carbons (Fsp3) is 0.211. The molecule has 1 aliphatic carbocycles. The number of carboxylic acid groups (broad SMARTS) is 1. The minimum atomic E-state index is -0.969. The molecule has 2 N–H and O–H groups in total. The Labute approximate surface area is 129 Å². The van der Waals surface area contributed by atoms with E-state index in [1.54, 1.807) is 18.2 Å². The minimum Gasteiger partial charge on any atom is -0.508 e. The molecule has 0 unspecified atom stereocenters. The maximum atomic E-state index is 11.5. The van der Waals surface area contributed by atoms with Gasteiger partial charge >= 0.3 is 5.97 Å². The zero-order valence-corrected chi connectivity index (χ0v) is 12.2. The van der Waals surface area contributed by atoms with E-state index in [1.165, 1.54) is 36.1 Å². The Bertz CT molecular complexity index is 727. The number of carbonyl (C=O) groups is 1. The Balaban J connectivity index is 1.99. The highest BCUT2D eigenvalue weighted by Gasteiger charge is 2.12. The van der Waals surface area contributed by atoms with Crippen molar-refractivity contribution in [3.8, 4) is 5.75 Å². The summed E-state index contributed by atoms with van der Waals surface area (Å²) in [6.07, 6.45) is 6.31. The molecule has 3 rings (SSSR count). The molecule has 1 aliphatic rings. The molecule has 2 aromatic carbocycles. The van der Waals surface area contributed by atoms with Crippen LogP contribution in [0.2, 0.25) is 0 Å². The molecule has 0 atom stereocenters. The molecular weight excluding hydrogens is 276 g/mol. The van der Waals surface area contributed by atoms with Gasteiger partial charge in [-0.15, -0.1) is 0 Å². The van der Waals surface area contributed by atoms with E-state index in [1.807, 2.05) is 6.07 Å². The molecular formula is C19H18O3. The number of rotatable bonds is 3. The molecule has 0 saturated heterocycles. The molecule has 22 heavy (non-hydrogen) atoms. The Hall–Kier alpha value is -2.55. The van der Waals surface area contributed by atoms with Gasteiger partial charge in [0.1, 0.15) is 5.75 Å². The lowest BCUT2D eigenvalue weighted by Crippen LogP contribution is -2.03. The van der Waals surface area contributed by atoms with Gasteiger partial charge in [0.15, 0.2) is 0 Å². The van der Waals surface area contributed by atoms with Gasteiger partial charge in [0.05, 0.1) is 5.57 Å². The summed E-state index contributed by atoms with van der Waals surface area (Å²) < 4.78 is 0. The number of fused-ring (bicyclic) bond motifs is 1. The fourth-order valence-electron chi connectivity index (χ4n) is 2.92. The third-order valence-corrected chi connectivity index (χ3v) is 4.09. The Kier molecular flexibility index (Phi) is 3.96. The number of hydrogen-bond donors (Lipinski definition) is 2. The zero-order chi connectivity index (χ0) is 15.5. The standard InChI is InChI=1S/C19H18O3/c20-17-9-7-15(8-10-17)18(19(21)22)12-13-5-6-14-3-1-2-4-16(14)11-13/h5-12,20H,1-4H2,(H,21,22). The van der Waals surface area contributed by atoms with Crippen LogP contribution < -0.4 is 0 Å². The molecule has 0 spiro atoms. The number of carboxylic acids is 1. The highest BCUT2D eigenvalue weighted by atomic mass is 16.4. The number of phenols is 1. The van der Waals surface area contributed by atoms with Gasteiger partial charge in [-0.1, -0.05) is 30.3 Å². The average molecular weight is 294 g/mol. The van der Waals surface area contributed by atoms with Gasteiger partial charge < -0.3 is 10.2 Å². The number of aryl methyl sites for hydroxylation is 2. The largest absolute Gasteiger partial charge is 0.508 e. The van der Waals surface area contributed by atoms with Gasteiger partial charge in [-0.3, -0.25) is 0 Å². The Morgan fingerprint density at radius 2 is 1.64 bits per heavy atom. The quantitative estimate of drug-likeness (QED) is 0.667. The number of hydrogen-bond acceptors (Lipinski definition) is 2. The molecule has 0 radical (unpaired) electrons. The van der Waals surface area contributed by atoms with Gasteiger partial charge in [-0.25, -0.2) is 4.79 Å². The Morgan fingerprint density at radius 1 is 0.955 bits per heavy atom. The predicted molar refractivity (Wildman–Crippen MR) is 86.7 cm³/mol. The molecule has 0 heterocycles. The zero-order valence-electron chi connectivity index (χ0n) is 12.2. The monoisotopic (exact) mass is 294 g/mol. The maximum absolute atomic E-state index is 11.5. The Morgan fingerprint density at radius 3 is 2.32 bits per heavy atom. The van der Waals surface area contributed by atoms with Crippen LogP contribution in [0, 0.1) is 0 Å². The summed E-state index contributed by atoms with van der Waals surface area (Å²) in [7, 11) is 0. The van der Waals surface area contributed by atoms with Crippen LogP contribution in [-0.4, -0.2) is 16.2 Å². The molecule has 0 aliphatic heterocycles. The fourth-order valence-corrected chi connectivity index (χ4v) is 2.92. The lowest BCUT2D eigenvalue weighted by atomic mass is 9.90. The number of aliphatic carboxylic acids is 1. The summed E-state index contributed by atoms with van der Waals surface area (Å²) in [6, 6.07) is 12.4. The summed E-state index contributed by atoms with van der Waals surface area (Å²) in [5.74, 6) is -0.842. The SMILES string of the molecule is O=C(O)C(=Cc1ccc2c(c1)CCCC2)c1ccc(O)cc1. The van der Waals surface area contributed by atoms with E-state index in [0.29, 0.717) is 5.56 Å². The van der Waals surface area contributed by atoms with Crippen molar-refractivity contribution in [2.45, 2.75) is 25.7 Å². The van der Waals surface area contributed by atoms with Gasteiger partial charge in [0, 0.05) is 0 Å². The average Bonchev–Trinajstić information content (AvgIpc) is 2.53. The van der Waals surface area contributed by atoms with E-state index in [0.717, 1.165) is 18.4 Å². The second kappa shape index (κ2) is 6.06. The summed E-state index contributed by atoms with van der Waals surface area (Å²) in [5.41, 5.74) is 4.44. The minimum absolute atomic E-state index is 0.127. The van der Waals surface area contributed by atoms with Crippen molar-refractivity contribution < 1.29 is 15.0 Å². The topological polar surface area (TPSA) is 57.5 Å². The number of phenolic OH excluding ortho intramolecular Hbond substituents is 1. The first-order chi connectivity index (χ1) is 10.6. The van der Waals surface area contributed by atoms with Gasteiger partial charge in [-0.2, -0.15) is 0 Å². The van der Waals surface area contributed by atoms with E-state index in [4.69, 9.17) is 0 Å². The molecule has 0 aromatic heterocycles. The lowest BCUT2D eigenvalue weighted by molar-refractivity contribution is -0.130. The van der Waals surface area contributed by atoms with Crippen LogP contribution in [0.25, 0.3) is 11.6 Å². The summed E-state index contributed by atoms with van der Waals surface area (Å²) in [4.78, 5) is 11.5. The van der Waals surface area contributed by atoms with E-state index in [-0.39, 0.29) is 11.3 Å². The van der Waals surface area contributed by atoms with Crippen molar-refractivity contribution in [3.05, 3.63) is 64.7 Å². The van der Waals surface area contributed by atoms with Crippen LogP contribution in [0.4, 0.5) is 0 Å². The molecule has 0 fully saturated rings. The van der Waals surface area contributed by atoms with E-state index in [2.05, 4.69) is 12.1 Å². The van der Waals surface area contributed by atoms with Crippen molar-refractivity contribution in [2.75, 3.05) is 0 Å². The van der Waals surface area contributed by atoms with Crippen molar-refractivity contribution >= 4 is 17.6 Å².